The fraction of sp³-hybridized carbons (Fsp3) is 0.576. The maximum absolute atomic E-state index is 14.5. The minimum absolute atomic E-state index is 0.0474. The van der Waals surface area contributed by atoms with Gasteiger partial charge in [-0.15, -0.1) is 0 Å². The maximum atomic E-state index is 14.5. The molecule has 5 heterocycles. The number of fused-ring (bicyclic) bond motifs is 4. The Morgan fingerprint density at radius 3 is 2.98 bits per heavy atom. The molecule has 0 bridgehead atoms. The number of amides is 1. The number of aromatic nitrogens is 2. The molecule has 5 aliphatic rings. The fourth-order valence-electron chi connectivity index (χ4n) is 8.04. The van der Waals surface area contributed by atoms with E-state index in [2.05, 4.69) is 21.2 Å². The number of hydrogen-bond donors (Lipinski definition) is 2. The van der Waals surface area contributed by atoms with Gasteiger partial charge in [-0.25, -0.2) is 4.39 Å². The SMILES string of the molecule is CN(C)C(=O)C(=N)/C=C1/CN(c2nc(OC[C@@]34CCCN3C[C@H](F)C4)nc3c2CO[C@]2(CCc4c(Cl)cccc42)C3)CCC[NH2+]1. The molecule has 12 heteroatoms. The number of anilines is 1. The van der Waals surface area contributed by atoms with Crippen molar-refractivity contribution in [3.8, 4) is 6.01 Å². The first kappa shape index (κ1) is 30.5. The molecule has 45 heavy (non-hydrogen) atoms. The predicted molar refractivity (Wildman–Crippen MR) is 169 cm³/mol. The Labute approximate surface area is 268 Å². The van der Waals surface area contributed by atoms with Gasteiger partial charge in [0.15, 0.2) is 0 Å². The molecule has 1 spiro atoms. The topological polar surface area (TPSA) is 111 Å². The molecule has 2 aromatic rings. The monoisotopic (exact) mass is 638 g/mol. The van der Waals surface area contributed by atoms with Crippen LogP contribution in [0, 0.1) is 5.41 Å². The number of nitrogens with one attached hydrogen (secondary N) is 1. The summed E-state index contributed by atoms with van der Waals surface area (Å²) in [6.07, 6.45) is 6.41. The molecular formula is C33H42ClFN7O3+. The lowest BCUT2D eigenvalue weighted by molar-refractivity contribution is -0.604. The Morgan fingerprint density at radius 1 is 1.27 bits per heavy atom. The Hall–Kier alpha value is -3.12. The number of alkyl halides is 1. The summed E-state index contributed by atoms with van der Waals surface area (Å²) in [5.41, 5.74) is 4.14. The lowest BCUT2D eigenvalue weighted by atomic mass is 9.87. The molecule has 1 aliphatic carbocycles. The number of nitrogens with zero attached hydrogens (tertiary/aromatic N) is 5. The first-order valence-electron chi connectivity index (χ1n) is 16.1. The van der Waals surface area contributed by atoms with Crippen molar-refractivity contribution < 1.29 is 24.0 Å². The van der Waals surface area contributed by atoms with E-state index in [0.29, 0.717) is 45.2 Å². The van der Waals surface area contributed by atoms with Crippen molar-refractivity contribution in [2.45, 2.75) is 68.9 Å². The molecule has 1 amide bonds. The van der Waals surface area contributed by atoms with Crippen LogP contribution in [0.4, 0.5) is 10.2 Å². The van der Waals surface area contributed by atoms with Gasteiger partial charge in [-0.2, -0.15) is 9.97 Å². The highest BCUT2D eigenvalue weighted by Gasteiger charge is 2.50. The average Bonchev–Trinajstić information content (AvgIpc) is 3.60. The third-order valence-electron chi connectivity index (χ3n) is 10.3. The third kappa shape index (κ3) is 5.62. The van der Waals surface area contributed by atoms with Crippen LogP contribution in [-0.2, 0) is 34.6 Å². The molecule has 3 atom stereocenters. The van der Waals surface area contributed by atoms with E-state index in [-0.39, 0.29) is 17.2 Å². The van der Waals surface area contributed by atoms with Gasteiger partial charge in [0.25, 0.3) is 5.91 Å². The molecule has 240 valence electrons. The number of rotatable bonds is 6. The van der Waals surface area contributed by atoms with Crippen molar-refractivity contribution in [2.75, 3.05) is 58.3 Å². The van der Waals surface area contributed by atoms with E-state index in [1.165, 1.54) is 4.90 Å². The molecule has 3 saturated heterocycles. The summed E-state index contributed by atoms with van der Waals surface area (Å²) in [6.45, 7) is 4.15. The average molecular weight is 639 g/mol. The summed E-state index contributed by atoms with van der Waals surface area (Å²) in [5, 5.41) is 11.2. The molecule has 0 saturated carbocycles. The minimum Gasteiger partial charge on any atom is -0.461 e. The van der Waals surface area contributed by atoms with Crippen LogP contribution in [0.15, 0.2) is 30.0 Å². The van der Waals surface area contributed by atoms with Crippen molar-refractivity contribution in [1.29, 1.82) is 5.41 Å². The van der Waals surface area contributed by atoms with Gasteiger partial charge in [-0.3, -0.25) is 15.1 Å². The molecule has 1 aromatic heterocycles. The molecule has 3 N–H and O–H groups in total. The standard InChI is InChI=1S/C33H41ClFN7O3/c1-40(2)30(43)27(36)14-22-18-41(12-5-11-37-22)29-24-19-45-33(10-8-23-25(33)6-3-7-26(23)34)16-28(24)38-31(39-29)44-20-32-9-4-13-42(32)17-21(35)15-32/h3,6-7,14,21,36-37H,4-5,8-13,15-20H2,1-2H3/p+1/b22-14-,36-27?/t21-,32+,33-/m1/s1. The van der Waals surface area contributed by atoms with Gasteiger partial charge in [-0.05, 0) is 49.4 Å². The van der Waals surface area contributed by atoms with Gasteiger partial charge in [0.1, 0.15) is 30.0 Å². The molecule has 10 nitrogen and oxygen atoms in total. The number of quaternary nitrogens is 1. The summed E-state index contributed by atoms with van der Waals surface area (Å²) < 4.78 is 27.7. The van der Waals surface area contributed by atoms with Crippen LogP contribution in [0.3, 0.4) is 0 Å². The second kappa shape index (κ2) is 11.9. The summed E-state index contributed by atoms with van der Waals surface area (Å²) >= 11 is 6.60. The fourth-order valence-corrected chi connectivity index (χ4v) is 8.31. The van der Waals surface area contributed by atoms with Gasteiger partial charge in [0.05, 0.1) is 36.5 Å². The van der Waals surface area contributed by atoms with Crippen molar-refractivity contribution in [3.05, 3.63) is 57.4 Å². The largest absolute Gasteiger partial charge is 0.461 e. The molecule has 0 radical (unpaired) electrons. The van der Waals surface area contributed by atoms with E-state index in [1.807, 2.05) is 12.1 Å². The number of carbonyl (C=O) groups is 1. The van der Waals surface area contributed by atoms with Crippen LogP contribution in [0.2, 0.25) is 5.02 Å². The van der Waals surface area contributed by atoms with E-state index in [0.717, 1.165) is 90.7 Å². The molecule has 1 aromatic carbocycles. The zero-order valence-electron chi connectivity index (χ0n) is 26.1. The van der Waals surface area contributed by atoms with E-state index >= 15 is 0 Å². The van der Waals surface area contributed by atoms with Crippen LogP contribution in [0.1, 0.15) is 54.5 Å². The van der Waals surface area contributed by atoms with Gasteiger partial charge in [-0.1, -0.05) is 23.7 Å². The molecular weight excluding hydrogens is 597 g/mol. The lowest BCUT2D eigenvalue weighted by Gasteiger charge is -2.37. The number of ether oxygens (including phenoxy) is 2. The molecule has 7 rings (SSSR count). The Balaban J connectivity index is 1.23. The first-order valence-corrected chi connectivity index (χ1v) is 16.5. The summed E-state index contributed by atoms with van der Waals surface area (Å²) in [4.78, 5) is 28.3. The highest BCUT2D eigenvalue weighted by molar-refractivity contribution is 6.41. The highest BCUT2D eigenvalue weighted by Crippen LogP contribution is 2.49. The van der Waals surface area contributed by atoms with E-state index < -0.39 is 11.8 Å². The number of nitrogens with two attached hydrogens (primary N) is 1. The zero-order chi connectivity index (χ0) is 31.3. The smallest absolute Gasteiger partial charge is 0.318 e. The second-order valence-corrected chi connectivity index (χ2v) is 13.9. The van der Waals surface area contributed by atoms with Crippen LogP contribution in [0.25, 0.3) is 0 Å². The number of halogens is 2. The van der Waals surface area contributed by atoms with Gasteiger partial charge in [0.2, 0.25) is 0 Å². The number of hydrogen-bond acceptors (Lipinski definition) is 8. The van der Waals surface area contributed by atoms with Crippen LogP contribution in [-0.4, -0.2) is 96.5 Å². The van der Waals surface area contributed by atoms with Crippen molar-refractivity contribution in [1.82, 2.24) is 19.8 Å². The Morgan fingerprint density at radius 2 is 2.13 bits per heavy atom. The van der Waals surface area contributed by atoms with E-state index in [4.69, 9.17) is 36.5 Å². The second-order valence-electron chi connectivity index (χ2n) is 13.4. The Bertz CT molecular complexity index is 1550. The highest BCUT2D eigenvalue weighted by atomic mass is 35.5. The predicted octanol–water partition coefficient (Wildman–Crippen LogP) is 2.76. The van der Waals surface area contributed by atoms with Gasteiger partial charge in [0, 0.05) is 63.1 Å². The molecule has 0 unspecified atom stereocenters. The third-order valence-corrected chi connectivity index (χ3v) is 10.6. The van der Waals surface area contributed by atoms with Gasteiger partial charge >= 0.3 is 6.01 Å². The minimum atomic E-state index is -0.836. The molecule has 4 aliphatic heterocycles. The van der Waals surface area contributed by atoms with Crippen LogP contribution < -0.4 is 15.0 Å². The van der Waals surface area contributed by atoms with Crippen LogP contribution in [0.5, 0.6) is 6.01 Å². The van der Waals surface area contributed by atoms with Crippen molar-refractivity contribution in [3.63, 3.8) is 0 Å². The normalized spacial score (nSPS) is 28.6. The molecule has 3 fully saturated rings. The van der Waals surface area contributed by atoms with Crippen LogP contribution >= 0.6 is 11.6 Å². The summed E-state index contributed by atoms with van der Waals surface area (Å²) in [6, 6.07) is 6.35. The quantitative estimate of drug-likeness (QED) is 0.468. The van der Waals surface area contributed by atoms with E-state index in [9.17, 15) is 9.18 Å². The lowest BCUT2D eigenvalue weighted by Crippen LogP contribution is -2.82. The Kier molecular flexibility index (Phi) is 8.08. The summed E-state index contributed by atoms with van der Waals surface area (Å²) in [7, 11) is 3.31. The van der Waals surface area contributed by atoms with Crippen molar-refractivity contribution >= 4 is 29.0 Å². The number of carbonyl (C=O) groups excluding carboxylic acids is 1. The zero-order valence-corrected chi connectivity index (χ0v) is 26.8. The number of benzene rings is 1. The first-order chi connectivity index (χ1) is 21.7. The maximum Gasteiger partial charge on any atom is 0.318 e. The van der Waals surface area contributed by atoms with E-state index in [1.54, 1.807) is 20.2 Å². The van der Waals surface area contributed by atoms with Crippen molar-refractivity contribution in [2.24, 2.45) is 0 Å². The van der Waals surface area contributed by atoms with Gasteiger partial charge < -0.3 is 24.6 Å². The summed E-state index contributed by atoms with van der Waals surface area (Å²) in [5.74, 6) is 0.427.